The second kappa shape index (κ2) is 8.23. The zero-order chi connectivity index (χ0) is 25.0. The van der Waals surface area contributed by atoms with Gasteiger partial charge in [0.15, 0.2) is 17.3 Å². The van der Waals surface area contributed by atoms with Crippen molar-refractivity contribution in [1.82, 2.24) is 0 Å². The lowest BCUT2D eigenvalue weighted by atomic mass is 9.81. The molecule has 7 rings (SSSR count). The van der Waals surface area contributed by atoms with E-state index in [1.165, 1.54) is 13.2 Å². The van der Waals surface area contributed by atoms with Gasteiger partial charge in [0, 0.05) is 26.4 Å². The standard InChI is InChI=1S/C27H22O9/c1-32-25-21-17(7-9-19(21)29)22-23(35-25)24(30)36-27(22)13-15-2-5-16(6-3-15)34-20-12-14(4-8-18(20)28)10-11-33-26(27)31/h2-6,8,12,25,28H,7,9-11,13H2,1H3/t25?,27-/m1/s1. The number of aromatic hydroxyl groups is 1. The van der Waals surface area contributed by atoms with E-state index in [4.69, 9.17) is 23.7 Å². The van der Waals surface area contributed by atoms with Gasteiger partial charge in [0.25, 0.3) is 0 Å². The fraction of sp³-hybridized carbons (Fsp3) is 0.296. The number of Topliss-reactive ketones (excluding diaryl/α,β-unsaturated/α-hetero) is 1. The summed E-state index contributed by atoms with van der Waals surface area (Å²) in [5.41, 5.74) is 0.712. The summed E-state index contributed by atoms with van der Waals surface area (Å²) in [6.07, 6.45) is -0.167. The van der Waals surface area contributed by atoms with E-state index in [0.29, 0.717) is 35.3 Å². The summed E-state index contributed by atoms with van der Waals surface area (Å²) in [6.45, 7) is -0.00503. The lowest BCUT2D eigenvalue weighted by Crippen LogP contribution is -2.46. The topological polar surface area (TPSA) is 118 Å². The number of phenolic OH excluding ortho intramolecular Hbond substituents is 1. The minimum absolute atomic E-state index is 0.00503. The zero-order valence-electron chi connectivity index (χ0n) is 19.4. The van der Waals surface area contributed by atoms with Crippen LogP contribution in [0, 0.1) is 0 Å². The fourth-order valence-electron chi connectivity index (χ4n) is 5.17. The molecule has 0 fully saturated rings. The van der Waals surface area contributed by atoms with E-state index < -0.39 is 23.8 Å². The van der Waals surface area contributed by atoms with E-state index in [1.807, 2.05) is 0 Å². The minimum atomic E-state index is -1.82. The molecule has 4 aliphatic heterocycles. The predicted molar refractivity (Wildman–Crippen MR) is 122 cm³/mol. The molecular formula is C27H22O9. The first-order valence-corrected chi connectivity index (χ1v) is 11.6. The summed E-state index contributed by atoms with van der Waals surface area (Å²) in [6, 6.07) is 11.8. The number of benzene rings is 2. The number of hydrogen-bond donors (Lipinski definition) is 1. The van der Waals surface area contributed by atoms with Crippen molar-refractivity contribution >= 4 is 17.7 Å². The lowest BCUT2D eigenvalue weighted by molar-refractivity contribution is -0.173. The van der Waals surface area contributed by atoms with Gasteiger partial charge in [-0.15, -0.1) is 0 Å². The van der Waals surface area contributed by atoms with Crippen molar-refractivity contribution in [2.24, 2.45) is 0 Å². The summed E-state index contributed by atoms with van der Waals surface area (Å²) in [4.78, 5) is 39.4. The number of methoxy groups -OCH3 is 1. The van der Waals surface area contributed by atoms with Crippen LogP contribution in [0.2, 0.25) is 0 Å². The Balaban J connectivity index is 1.47. The van der Waals surface area contributed by atoms with Crippen LogP contribution in [0.4, 0.5) is 0 Å². The van der Waals surface area contributed by atoms with Crippen LogP contribution in [-0.4, -0.2) is 48.4 Å². The number of carbonyl (C=O) groups is 3. The average molecular weight is 490 g/mol. The lowest BCUT2D eigenvalue weighted by Gasteiger charge is -2.31. The molecule has 0 radical (unpaired) electrons. The molecule has 1 unspecified atom stereocenters. The Labute approximate surface area is 205 Å². The van der Waals surface area contributed by atoms with Crippen molar-refractivity contribution in [3.8, 4) is 17.2 Å². The maximum absolute atomic E-state index is 13.7. The second-order valence-corrected chi connectivity index (χ2v) is 9.03. The van der Waals surface area contributed by atoms with E-state index in [-0.39, 0.29) is 48.1 Å². The molecule has 1 N–H and O–H groups in total. The van der Waals surface area contributed by atoms with Crippen molar-refractivity contribution in [3.05, 3.63) is 76.1 Å². The first-order valence-electron chi connectivity index (χ1n) is 11.6. The maximum Gasteiger partial charge on any atom is 0.375 e. The van der Waals surface area contributed by atoms with Gasteiger partial charge < -0.3 is 28.8 Å². The summed E-state index contributed by atoms with van der Waals surface area (Å²) < 4.78 is 28.4. The molecule has 2 aromatic rings. The van der Waals surface area contributed by atoms with Crippen LogP contribution in [0.1, 0.15) is 24.0 Å². The van der Waals surface area contributed by atoms with Crippen LogP contribution in [-0.2, 0) is 46.2 Å². The first-order chi connectivity index (χ1) is 17.4. The number of ether oxygens (including phenoxy) is 5. The molecule has 4 heterocycles. The van der Waals surface area contributed by atoms with Crippen molar-refractivity contribution in [3.63, 3.8) is 0 Å². The third-order valence-electron chi connectivity index (χ3n) is 6.87. The van der Waals surface area contributed by atoms with E-state index in [0.717, 1.165) is 5.56 Å². The maximum atomic E-state index is 13.7. The van der Waals surface area contributed by atoms with Crippen molar-refractivity contribution in [2.45, 2.75) is 37.6 Å². The average Bonchev–Trinajstić information content (AvgIpc) is 3.39. The zero-order valence-corrected chi connectivity index (χ0v) is 19.4. The van der Waals surface area contributed by atoms with Gasteiger partial charge in [-0.05, 0) is 47.4 Å². The Morgan fingerprint density at radius 1 is 1.00 bits per heavy atom. The van der Waals surface area contributed by atoms with Crippen molar-refractivity contribution in [2.75, 3.05) is 13.7 Å². The number of ketones is 1. The van der Waals surface area contributed by atoms with Crippen LogP contribution >= 0.6 is 0 Å². The Kier molecular flexibility index (Phi) is 5.11. The van der Waals surface area contributed by atoms with E-state index in [1.54, 1.807) is 36.4 Å². The summed E-state index contributed by atoms with van der Waals surface area (Å²) >= 11 is 0. The number of rotatable bonds is 1. The van der Waals surface area contributed by atoms with E-state index in [9.17, 15) is 19.5 Å². The third-order valence-corrected chi connectivity index (χ3v) is 6.87. The normalized spacial score (nSPS) is 25.1. The number of fused-ring (bicyclic) bond motifs is 6. The van der Waals surface area contributed by atoms with Gasteiger partial charge in [0.2, 0.25) is 17.7 Å². The molecule has 1 aliphatic carbocycles. The monoisotopic (exact) mass is 490 g/mol. The molecule has 5 aliphatic rings. The van der Waals surface area contributed by atoms with E-state index in [2.05, 4.69) is 0 Å². The summed E-state index contributed by atoms with van der Waals surface area (Å²) in [5, 5.41) is 10.2. The SMILES string of the molecule is COC1OC2=C(C3=C1C(=O)CC3)[C@@]1(Cc3ccc(cc3)Oc3cc(ccc3O)CCOC1=O)OC2=O. The van der Waals surface area contributed by atoms with Gasteiger partial charge in [-0.3, -0.25) is 4.79 Å². The largest absolute Gasteiger partial charge is 0.504 e. The molecular weight excluding hydrogens is 468 g/mol. The van der Waals surface area contributed by atoms with Crippen LogP contribution in [0.15, 0.2) is 64.9 Å². The third kappa shape index (κ3) is 3.38. The quantitative estimate of drug-likeness (QED) is 0.602. The molecule has 184 valence electrons. The molecule has 2 atom stereocenters. The number of phenols is 1. The van der Waals surface area contributed by atoms with Gasteiger partial charge in [0.1, 0.15) is 5.75 Å². The molecule has 1 spiro atoms. The molecule has 4 bridgehead atoms. The Morgan fingerprint density at radius 3 is 2.56 bits per heavy atom. The van der Waals surface area contributed by atoms with Gasteiger partial charge >= 0.3 is 11.9 Å². The fourth-order valence-corrected chi connectivity index (χ4v) is 5.17. The summed E-state index contributed by atoms with van der Waals surface area (Å²) in [5.74, 6) is -1.07. The van der Waals surface area contributed by atoms with Crippen molar-refractivity contribution in [1.29, 1.82) is 0 Å². The Bertz CT molecular complexity index is 1370. The molecule has 9 nitrogen and oxygen atoms in total. The van der Waals surface area contributed by atoms with Crippen LogP contribution in [0.25, 0.3) is 0 Å². The van der Waals surface area contributed by atoms with Gasteiger partial charge in [-0.2, -0.15) is 0 Å². The number of hydrogen-bond acceptors (Lipinski definition) is 9. The van der Waals surface area contributed by atoms with Gasteiger partial charge in [0.05, 0.1) is 17.8 Å². The molecule has 9 heteroatoms. The number of esters is 2. The highest BCUT2D eigenvalue weighted by Gasteiger charge is 2.60. The first kappa shape index (κ1) is 22.4. The highest BCUT2D eigenvalue weighted by Crippen LogP contribution is 2.50. The van der Waals surface area contributed by atoms with Crippen LogP contribution < -0.4 is 4.74 Å². The predicted octanol–water partition coefficient (Wildman–Crippen LogP) is 3.04. The molecule has 0 aromatic heterocycles. The summed E-state index contributed by atoms with van der Waals surface area (Å²) in [7, 11) is 1.39. The Hall–Kier alpha value is -4.11. The number of carbonyl (C=O) groups excluding carboxylic acids is 3. The van der Waals surface area contributed by atoms with Crippen LogP contribution in [0.3, 0.4) is 0 Å². The molecule has 0 saturated carbocycles. The highest BCUT2D eigenvalue weighted by atomic mass is 16.7. The minimum Gasteiger partial charge on any atom is -0.504 e. The van der Waals surface area contributed by atoms with Crippen molar-refractivity contribution < 1.29 is 43.2 Å². The van der Waals surface area contributed by atoms with Crippen LogP contribution in [0.5, 0.6) is 17.2 Å². The highest BCUT2D eigenvalue weighted by molar-refractivity contribution is 6.06. The molecule has 0 amide bonds. The second-order valence-electron chi connectivity index (χ2n) is 9.03. The van der Waals surface area contributed by atoms with E-state index >= 15 is 0 Å². The smallest absolute Gasteiger partial charge is 0.375 e. The molecule has 2 aromatic carbocycles. The van der Waals surface area contributed by atoms with Gasteiger partial charge in [-0.25, -0.2) is 9.59 Å². The molecule has 0 saturated heterocycles. The Morgan fingerprint density at radius 2 is 1.78 bits per heavy atom. The van der Waals surface area contributed by atoms with Gasteiger partial charge in [-0.1, -0.05) is 18.2 Å². The molecule has 36 heavy (non-hydrogen) atoms.